The lowest BCUT2D eigenvalue weighted by atomic mass is 10.0. The Hall–Kier alpha value is -0.160. The minimum absolute atomic E-state index is 0.289. The molecule has 0 aromatic heterocycles. The lowest BCUT2D eigenvalue weighted by Crippen LogP contribution is -2.43. The summed E-state index contributed by atoms with van der Waals surface area (Å²) in [5, 5.41) is 21.9. The van der Waals surface area contributed by atoms with E-state index >= 15 is 0 Å². The SMILES string of the molecule is CN(CCCCCO)CC1(O)CCNC1. The number of likely N-dealkylation sites (N-methyl/N-ethyl adjacent to an activating group) is 1. The highest BCUT2D eigenvalue weighted by Crippen LogP contribution is 2.15. The van der Waals surface area contributed by atoms with Crippen LogP contribution in [-0.4, -0.2) is 60.5 Å². The van der Waals surface area contributed by atoms with Gasteiger partial charge in [-0.1, -0.05) is 0 Å². The van der Waals surface area contributed by atoms with Gasteiger partial charge in [0.2, 0.25) is 0 Å². The molecule has 1 rings (SSSR count). The third-order valence-corrected chi connectivity index (χ3v) is 2.98. The van der Waals surface area contributed by atoms with Gasteiger partial charge in [-0.3, -0.25) is 0 Å². The fourth-order valence-electron chi connectivity index (χ4n) is 2.12. The number of hydrogen-bond acceptors (Lipinski definition) is 4. The van der Waals surface area contributed by atoms with Crippen molar-refractivity contribution >= 4 is 0 Å². The lowest BCUT2D eigenvalue weighted by molar-refractivity contribution is 0.0279. The van der Waals surface area contributed by atoms with E-state index in [9.17, 15) is 5.11 Å². The van der Waals surface area contributed by atoms with E-state index in [0.29, 0.717) is 6.54 Å². The van der Waals surface area contributed by atoms with Gasteiger partial charge in [0.15, 0.2) is 0 Å². The molecule has 3 N–H and O–H groups in total. The predicted molar refractivity (Wildman–Crippen MR) is 60.9 cm³/mol. The summed E-state index contributed by atoms with van der Waals surface area (Å²) in [7, 11) is 2.05. The van der Waals surface area contributed by atoms with Crippen LogP contribution in [0.1, 0.15) is 25.7 Å². The van der Waals surface area contributed by atoms with Gasteiger partial charge in [0.25, 0.3) is 0 Å². The standard InChI is InChI=1S/C11H24N2O2/c1-13(7-3-2-4-8-14)10-11(15)5-6-12-9-11/h12,14-15H,2-10H2,1H3. The van der Waals surface area contributed by atoms with Crippen molar-refractivity contribution in [2.75, 3.05) is 39.8 Å². The quantitative estimate of drug-likeness (QED) is 0.516. The van der Waals surface area contributed by atoms with E-state index in [4.69, 9.17) is 5.11 Å². The summed E-state index contributed by atoms with van der Waals surface area (Å²) >= 11 is 0. The Morgan fingerprint density at radius 2 is 2.13 bits per heavy atom. The van der Waals surface area contributed by atoms with E-state index in [1.807, 2.05) is 0 Å². The second-order valence-electron chi connectivity index (χ2n) is 4.67. The summed E-state index contributed by atoms with van der Waals surface area (Å²) in [6.07, 6.45) is 3.91. The van der Waals surface area contributed by atoms with E-state index in [-0.39, 0.29) is 6.61 Å². The Kier molecular flexibility index (Phi) is 5.53. The minimum Gasteiger partial charge on any atom is -0.396 e. The van der Waals surface area contributed by atoms with E-state index in [0.717, 1.165) is 45.3 Å². The van der Waals surface area contributed by atoms with E-state index < -0.39 is 5.60 Å². The summed E-state index contributed by atoms with van der Waals surface area (Å²) in [6, 6.07) is 0. The zero-order valence-corrected chi connectivity index (χ0v) is 9.71. The van der Waals surface area contributed by atoms with Gasteiger partial charge in [-0.25, -0.2) is 0 Å². The molecule has 0 aliphatic carbocycles. The van der Waals surface area contributed by atoms with Crippen LogP contribution >= 0.6 is 0 Å². The van der Waals surface area contributed by atoms with Crippen molar-refractivity contribution in [2.45, 2.75) is 31.3 Å². The van der Waals surface area contributed by atoms with Crippen molar-refractivity contribution in [1.82, 2.24) is 10.2 Å². The number of nitrogens with one attached hydrogen (secondary N) is 1. The van der Waals surface area contributed by atoms with Gasteiger partial charge < -0.3 is 20.4 Å². The van der Waals surface area contributed by atoms with Crippen LogP contribution in [0.5, 0.6) is 0 Å². The van der Waals surface area contributed by atoms with Crippen LogP contribution in [-0.2, 0) is 0 Å². The molecule has 0 aromatic carbocycles. The van der Waals surface area contributed by atoms with Crippen LogP contribution in [0.2, 0.25) is 0 Å². The number of hydrogen-bond donors (Lipinski definition) is 3. The van der Waals surface area contributed by atoms with Crippen LogP contribution in [0.4, 0.5) is 0 Å². The maximum atomic E-state index is 10.1. The highest BCUT2D eigenvalue weighted by atomic mass is 16.3. The molecule has 1 fully saturated rings. The molecule has 0 amide bonds. The first-order valence-electron chi connectivity index (χ1n) is 5.89. The molecule has 0 aromatic rings. The Labute approximate surface area is 92.3 Å². The molecular weight excluding hydrogens is 192 g/mol. The van der Waals surface area contributed by atoms with Crippen LogP contribution < -0.4 is 5.32 Å². The monoisotopic (exact) mass is 216 g/mol. The fraction of sp³-hybridized carbons (Fsp3) is 1.00. The van der Waals surface area contributed by atoms with Gasteiger partial charge >= 0.3 is 0 Å². The van der Waals surface area contributed by atoms with Crippen molar-refractivity contribution in [3.05, 3.63) is 0 Å². The molecular formula is C11H24N2O2. The highest BCUT2D eigenvalue weighted by Gasteiger charge is 2.31. The predicted octanol–water partition coefficient (Wildman–Crippen LogP) is -0.195. The Bertz CT molecular complexity index is 170. The zero-order chi connectivity index (χ0) is 11.1. The first-order chi connectivity index (χ1) is 7.16. The molecule has 90 valence electrons. The number of unbranched alkanes of at least 4 members (excludes halogenated alkanes) is 2. The molecule has 1 saturated heterocycles. The van der Waals surface area contributed by atoms with Crippen LogP contribution in [0.25, 0.3) is 0 Å². The van der Waals surface area contributed by atoms with Crippen LogP contribution in [0.15, 0.2) is 0 Å². The normalized spacial score (nSPS) is 26.4. The second kappa shape index (κ2) is 6.43. The average Bonchev–Trinajstić information content (AvgIpc) is 2.59. The third-order valence-electron chi connectivity index (χ3n) is 2.98. The van der Waals surface area contributed by atoms with Gasteiger partial charge in [-0.15, -0.1) is 0 Å². The fourth-order valence-corrected chi connectivity index (χ4v) is 2.12. The molecule has 0 bridgehead atoms. The zero-order valence-electron chi connectivity index (χ0n) is 9.71. The number of aliphatic hydroxyl groups is 2. The van der Waals surface area contributed by atoms with Crippen LogP contribution in [0.3, 0.4) is 0 Å². The van der Waals surface area contributed by atoms with E-state index in [1.54, 1.807) is 0 Å². The summed E-state index contributed by atoms with van der Waals surface area (Å²) in [5.74, 6) is 0. The summed E-state index contributed by atoms with van der Waals surface area (Å²) in [6.45, 7) is 3.68. The van der Waals surface area contributed by atoms with Crippen molar-refractivity contribution < 1.29 is 10.2 Å². The number of rotatable bonds is 7. The number of nitrogens with zero attached hydrogens (tertiary/aromatic N) is 1. The molecule has 1 aliphatic heterocycles. The van der Waals surface area contributed by atoms with Crippen molar-refractivity contribution in [2.24, 2.45) is 0 Å². The molecule has 0 radical (unpaired) electrons. The molecule has 1 unspecified atom stereocenters. The molecule has 1 aliphatic rings. The molecule has 1 atom stereocenters. The first kappa shape index (κ1) is 12.9. The number of β-amino-alcohol motifs (C(OH)–C–C–N with tert-alkyl or cyclic N) is 1. The summed E-state index contributed by atoms with van der Waals surface area (Å²) in [4.78, 5) is 2.18. The van der Waals surface area contributed by atoms with Gasteiger partial charge in [-0.2, -0.15) is 0 Å². The topological polar surface area (TPSA) is 55.7 Å². The molecule has 4 nitrogen and oxygen atoms in total. The van der Waals surface area contributed by atoms with Gasteiger partial charge in [0, 0.05) is 19.7 Å². The second-order valence-corrected chi connectivity index (χ2v) is 4.67. The average molecular weight is 216 g/mol. The maximum Gasteiger partial charge on any atom is 0.0909 e. The van der Waals surface area contributed by atoms with Crippen molar-refractivity contribution in [3.63, 3.8) is 0 Å². The highest BCUT2D eigenvalue weighted by molar-refractivity contribution is 4.89. The number of aliphatic hydroxyl groups excluding tert-OH is 1. The van der Waals surface area contributed by atoms with Crippen molar-refractivity contribution in [1.29, 1.82) is 0 Å². The smallest absolute Gasteiger partial charge is 0.0909 e. The van der Waals surface area contributed by atoms with Crippen molar-refractivity contribution in [3.8, 4) is 0 Å². The van der Waals surface area contributed by atoms with Crippen LogP contribution in [0, 0.1) is 0 Å². The largest absolute Gasteiger partial charge is 0.396 e. The Morgan fingerprint density at radius 3 is 2.73 bits per heavy atom. The molecule has 1 heterocycles. The Morgan fingerprint density at radius 1 is 1.33 bits per heavy atom. The third kappa shape index (κ3) is 4.93. The molecule has 0 saturated carbocycles. The van der Waals surface area contributed by atoms with Gasteiger partial charge in [-0.05, 0) is 45.8 Å². The van der Waals surface area contributed by atoms with Gasteiger partial charge in [0.1, 0.15) is 0 Å². The molecule has 4 heteroatoms. The molecule has 15 heavy (non-hydrogen) atoms. The van der Waals surface area contributed by atoms with Gasteiger partial charge in [0.05, 0.1) is 5.60 Å². The minimum atomic E-state index is -0.522. The summed E-state index contributed by atoms with van der Waals surface area (Å²) < 4.78 is 0. The first-order valence-corrected chi connectivity index (χ1v) is 5.89. The Balaban J connectivity index is 2.09. The van der Waals surface area contributed by atoms with E-state index in [1.165, 1.54) is 0 Å². The maximum absolute atomic E-state index is 10.1. The lowest BCUT2D eigenvalue weighted by Gasteiger charge is -2.27. The summed E-state index contributed by atoms with van der Waals surface area (Å²) in [5.41, 5.74) is -0.522. The molecule has 0 spiro atoms. The van der Waals surface area contributed by atoms with E-state index in [2.05, 4.69) is 17.3 Å².